The first-order chi connectivity index (χ1) is 41.6. The van der Waals surface area contributed by atoms with E-state index in [1.807, 2.05) is 7.11 Å². The molecule has 0 N–H and O–H groups in total. The second kappa shape index (κ2) is 31.6. The molecular weight excluding hydrogens is 1340 g/mol. The third kappa shape index (κ3) is 20.8. The average Bonchev–Trinajstić information content (AvgIpc) is 1.43. The summed E-state index contributed by atoms with van der Waals surface area (Å²) in [5.74, 6) is 0.403. The van der Waals surface area contributed by atoms with Crippen molar-refractivity contribution < 1.29 is 60.0 Å². The van der Waals surface area contributed by atoms with Crippen molar-refractivity contribution in [1.29, 1.82) is 0 Å². The smallest absolute Gasteiger partial charge is 0.193 e. The van der Waals surface area contributed by atoms with Crippen LogP contribution in [-0.2, 0) is 60.0 Å². The van der Waals surface area contributed by atoms with Crippen LogP contribution in [0.2, 0.25) is 90.7 Å². The van der Waals surface area contributed by atoms with Gasteiger partial charge in [0.25, 0.3) is 0 Å². The zero-order valence-electron chi connectivity index (χ0n) is 63.0. The molecule has 0 aromatic heterocycles. The number of hydrogen-bond donors (Lipinski definition) is 0. The maximum Gasteiger partial charge on any atom is 0.193 e. The first kappa shape index (κ1) is 80.5. The molecule has 0 aromatic rings. The Morgan fingerprint density at radius 3 is 1.68 bits per heavy atom. The number of hydrogen-bond acceptors (Lipinski definition) is 13. The summed E-state index contributed by atoms with van der Waals surface area (Å²) in [5, 5.41) is -0.0228. The largest absolute Gasteiger partial charge is 0.414 e. The molecule has 17 atom stereocenters. The molecule has 0 radical (unpaired) electrons. The molecule has 0 saturated carbocycles. The molecule has 0 aliphatic carbocycles. The van der Waals surface area contributed by atoms with Crippen molar-refractivity contribution in [2.45, 2.75) is 383 Å². The summed E-state index contributed by atoms with van der Waals surface area (Å²) in [6.45, 7) is 71.9. The summed E-state index contributed by atoms with van der Waals surface area (Å²) in [4.78, 5) is 0. The molecule has 13 nitrogen and oxygen atoms in total. The van der Waals surface area contributed by atoms with Gasteiger partial charge < -0.3 is 60.0 Å². The van der Waals surface area contributed by atoms with E-state index in [9.17, 15) is 0 Å². The molecule has 0 amide bonds. The van der Waals surface area contributed by atoms with Gasteiger partial charge in [0.15, 0.2) is 47.9 Å². The highest BCUT2D eigenvalue weighted by Crippen LogP contribution is 2.50. The van der Waals surface area contributed by atoms with Crippen LogP contribution in [0.25, 0.3) is 0 Å². The number of halogens is 1. The Balaban J connectivity index is 1.29. The molecule has 0 spiro atoms. The van der Waals surface area contributed by atoms with Crippen LogP contribution in [0.5, 0.6) is 0 Å². The summed E-state index contributed by atoms with van der Waals surface area (Å²) in [5.41, 5.74) is 2.35. The van der Waals surface area contributed by atoms with E-state index in [0.717, 1.165) is 76.2 Å². The molecule has 6 heterocycles. The first-order valence-electron chi connectivity index (χ1n) is 35.6. The van der Waals surface area contributed by atoms with Gasteiger partial charge in [0.1, 0.15) is 24.4 Å². The van der Waals surface area contributed by atoms with E-state index in [1.165, 1.54) is 5.57 Å². The lowest BCUT2D eigenvalue weighted by Gasteiger charge is -2.56. The van der Waals surface area contributed by atoms with Crippen molar-refractivity contribution in [3.63, 3.8) is 0 Å². The van der Waals surface area contributed by atoms with Crippen molar-refractivity contribution in [3.8, 4) is 0 Å². The average molecular weight is 1480 g/mol. The Labute approximate surface area is 576 Å². The van der Waals surface area contributed by atoms with Gasteiger partial charge in [0, 0.05) is 32.3 Å². The van der Waals surface area contributed by atoms with Gasteiger partial charge in [0.05, 0.1) is 87.0 Å². The zero-order valence-corrected chi connectivity index (χ0v) is 70.1. The molecule has 19 heteroatoms. The van der Waals surface area contributed by atoms with Crippen LogP contribution in [0.15, 0.2) is 34.5 Å². The van der Waals surface area contributed by atoms with E-state index in [0.29, 0.717) is 38.6 Å². The zero-order chi connectivity index (χ0) is 68.5. The number of methoxy groups -OCH3 is 1. The monoisotopic (exact) mass is 1480 g/mol. The summed E-state index contributed by atoms with van der Waals surface area (Å²) in [7, 11) is -9.61. The Hall–Kier alpha value is 0.514. The minimum absolute atomic E-state index is 0.000597. The Kier molecular flexibility index (Phi) is 27.9. The lowest BCUT2D eigenvalue weighted by atomic mass is 9.81. The summed E-state index contributed by atoms with van der Waals surface area (Å²) >= 11 is 2.35. The van der Waals surface area contributed by atoms with Gasteiger partial charge in [-0.05, 0) is 176 Å². The molecule has 91 heavy (non-hydrogen) atoms. The Morgan fingerprint density at radius 2 is 1.12 bits per heavy atom. The van der Waals surface area contributed by atoms with E-state index < -0.39 is 47.7 Å². The van der Waals surface area contributed by atoms with Crippen molar-refractivity contribution in [2.75, 3.05) is 26.9 Å². The van der Waals surface area contributed by atoms with Crippen molar-refractivity contribution in [3.05, 3.63) is 34.5 Å². The SMILES string of the molecule is C=C1C[C@H](CCC2OCCO2)O[C@H]1CC[C@H]1C[C@H](C)C(=C)[C@@H](C[C@@H]2O[C@H](CC(CO[Si](C)(C)C(C)(C)C)O[Si](C)(C)C(C)(C)C)[C@@H](OC)[C@H]2CCC[C@H]2CC[C@@H]3O[C@H](C(/C=C/I)O[Si](C)(C)C(C)(C)C)C(O[Si](C)(C)C(C)(C)C)C(O[Si](C)(C)C(C)(C)C)[C@@H]3O2)O1. The van der Waals surface area contributed by atoms with Crippen molar-refractivity contribution >= 4 is 64.2 Å². The molecule has 6 aliphatic rings. The molecule has 0 aromatic carbocycles. The number of fused-ring (bicyclic) bond motifs is 1. The molecular formula is C72H137IO13Si5. The highest BCUT2D eigenvalue weighted by Gasteiger charge is 2.58. The van der Waals surface area contributed by atoms with Gasteiger partial charge in [-0.1, -0.05) is 153 Å². The maximum atomic E-state index is 7.81. The van der Waals surface area contributed by atoms with Crippen molar-refractivity contribution in [1.82, 2.24) is 0 Å². The van der Waals surface area contributed by atoms with E-state index in [-0.39, 0.29) is 123 Å². The predicted octanol–water partition coefficient (Wildman–Crippen LogP) is 19.2. The minimum atomic E-state index is -2.43. The minimum Gasteiger partial charge on any atom is -0.414 e. The quantitative estimate of drug-likeness (QED) is 0.0420. The molecule has 0 bridgehead atoms. The van der Waals surface area contributed by atoms with Crippen LogP contribution in [-0.4, -0.2) is 166 Å². The van der Waals surface area contributed by atoms with E-state index in [4.69, 9.17) is 66.6 Å². The summed E-state index contributed by atoms with van der Waals surface area (Å²) in [6, 6.07) is 0. The van der Waals surface area contributed by atoms with Gasteiger partial charge in [-0.25, -0.2) is 0 Å². The van der Waals surface area contributed by atoms with Gasteiger partial charge in [0.2, 0.25) is 0 Å². The lowest BCUT2D eigenvalue weighted by Crippen LogP contribution is -2.69. The number of rotatable bonds is 28. The van der Waals surface area contributed by atoms with Crippen molar-refractivity contribution in [2.24, 2.45) is 11.8 Å². The van der Waals surface area contributed by atoms with Crippen LogP contribution in [0.1, 0.15) is 194 Å². The fourth-order valence-corrected chi connectivity index (χ4v) is 19.6. The first-order valence-corrected chi connectivity index (χ1v) is 51.4. The molecule has 6 rings (SSSR count). The summed E-state index contributed by atoms with van der Waals surface area (Å²) in [6.07, 6.45) is 10.9. The number of ether oxygens (including phenoxy) is 8. The van der Waals surface area contributed by atoms with Crippen LogP contribution >= 0.6 is 22.6 Å². The second-order valence-corrected chi connectivity index (χ2v) is 60.8. The summed E-state index contributed by atoms with van der Waals surface area (Å²) < 4.78 is 94.4. The maximum absolute atomic E-state index is 7.81. The molecule has 530 valence electrons. The highest BCUT2D eigenvalue weighted by molar-refractivity contribution is 14.1. The van der Waals surface area contributed by atoms with Gasteiger partial charge in [-0.2, -0.15) is 0 Å². The normalized spacial score (nSPS) is 32.5. The van der Waals surface area contributed by atoms with Gasteiger partial charge in [-0.3, -0.25) is 0 Å². The molecule has 6 saturated heterocycles. The third-order valence-corrected chi connectivity index (χ3v) is 47.0. The Bertz CT molecular complexity index is 2350. The van der Waals surface area contributed by atoms with Gasteiger partial charge >= 0.3 is 0 Å². The second-order valence-electron chi connectivity index (χ2n) is 36.2. The molecule has 4 unspecified atom stereocenters. The lowest BCUT2D eigenvalue weighted by molar-refractivity contribution is -0.267. The van der Waals surface area contributed by atoms with Crippen LogP contribution in [0.4, 0.5) is 0 Å². The third-order valence-electron chi connectivity index (χ3n) is 24.2. The fraction of sp³-hybridized carbons (Fsp3) is 0.917. The van der Waals surface area contributed by atoms with Crippen LogP contribution < -0.4 is 0 Å². The fourth-order valence-electron chi connectivity index (χ4n) is 13.0. The Morgan fingerprint density at radius 1 is 0.571 bits per heavy atom. The van der Waals surface area contributed by atoms with E-state index >= 15 is 0 Å². The van der Waals surface area contributed by atoms with E-state index in [2.05, 4.69) is 216 Å². The molecule has 6 aliphatic heterocycles. The predicted molar refractivity (Wildman–Crippen MR) is 395 cm³/mol. The highest BCUT2D eigenvalue weighted by atomic mass is 127. The van der Waals surface area contributed by atoms with E-state index in [1.54, 1.807) is 0 Å². The van der Waals surface area contributed by atoms with Crippen LogP contribution in [0, 0.1) is 11.8 Å². The van der Waals surface area contributed by atoms with Crippen LogP contribution in [0.3, 0.4) is 0 Å². The topological polar surface area (TPSA) is 120 Å². The molecule has 6 fully saturated rings. The van der Waals surface area contributed by atoms with Gasteiger partial charge in [-0.15, -0.1) is 0 Å². The standard InChI is InChI=1S/C72H137IO13Si5/c1-48-43-52(34-36-56-49(2)44-53(78-56)35-38-62-75-41-42-76-62)79-59(50(48)3)46-60-55(63(74-19)61(81-60)45-54(83-88(22,23)69(7,8)9)47-77-87(20,21)68(4,5)6)32-30-31-51-33-37-57-64(80-51)66(85-90(26,27)71(13,14)15)67(86-91(28,29)72(16,17)18)65(82-57)58(39-40-73)84-89(24,25)70(10,11)12/h39-40,48,51-67H,2-3,30-38,41-47H2,1,4-29H3/b40-39+/t48-,51-,52-,53-,54?,55-,56-,57-,58?,59+,60-,61+,63-,64+,65+,66?,67?/m0/s1.